The lowest BCUT2D eigenvalue weighted by atomic mass is 10.4. The fourth-order valence-corrected chi connectivity index (χ4v) is 2.49. The summed E-state index contributed by atoms with van der Waals surface area (Å²) in [5.41, 5.74) is 0. The molecule has 0 amide bonds. The van der Waals surface area contributed by atoms with Crippen LogP contribution in [-0.2, 0) is 4.74 Å². The molecule has 7 heteroatoms. The van der Waals surface area contributed by atoms with Crippen LogP contribution in [0.25, 0.3) is 0 Å². The normalized spacial score (nSPS) is 19.2. The van der Waals surface area contributed by atoms with Crippen molar-refractivity contribution in [1.82, 2.24) is 15.0 Å². The van der Waals surface area contributed by atoms with E-state index in [1.165, 1.54) is 12.8 Å². The molecule has 0 unspecified atom stereocenters. The van der Waals surface area contributed by atoms with E-state index in [1.807, 2.05) is 0 Å². The van der Waals surface area contributed by atoms with Gasteiger partial charge in [-0.1, -0.05) is 0 Å². The molecule has 1 aromatic heterocycles. The van der Waals surface area contributed by atoms with E-state index in [0.29, 0.717) is 25.1 Å². The molecule has 2 aliphatic rings. The van der Waals surface area contributed by atoms with Gasteiger partial charge >= 0.3 is 0 Å². The highest BCUT2D eigenvalue weighted by Gasteiger charge is 2.26. The summed E-state index contributed by atoms with van der Waals surface area (Å²) < 4.78 is 5.35. The highest BCUT2D eigenvalue weighted by atomic mass is 35.5. The number of hydrogen-bond donors (Lipinski definition) is 0. The van der Waals surface area contributed by atoms with Crippen molar-refractivity contribution in [3.8, 4) is 0 Å². The van der Waals surface area contributed by atoms with Crippen molar-refractivity contribution in [2.24, 2.45) is 5.92 Å². The molecule has 1 aliphatic carbocycles. The van der Waals surface area contributed by atoms with Gasteiger partial charge in [-0.05, 0) is 37.3 Å². The first-order valence-corrected chi connectivity index (χ1v) is 7.63. The van der Waals surface area contributed by atoms with Crippen LogP contribution in [0.1, 0.15) is 19.8 Å². The van der Waals surface area contributed by atoms with Gasteiger partial charge in [0.1, 0.15) is 0 Å². The zero-order valence-corrected chi connectivity index (χ0v) is 12.5. The molecule has 20 heavy (non-hydrogen) atoms. The number of halogens is 1. The van der Waals surface area contributed by atoms with Crippen LogP contribution in [0.2, 0.25) is 5.28 Å². The Labute approximate surface area is 124 Å². The number of rotatable bonds is 5. The summed E-state index contributed by atoms with van der Waals surface area (Å²) in [7, 11) is 0. The second-order valence-corrected chi connectivity index (χ2v) is 5.62. The Bertz CT molecular complexity index is 462. The van der Waals surface area contributed by atoms with Crippen LogP contribution in [0, 0.1) is 5.92 Å². The molecule has 1 saturated heterocycles. The lowest BCUT2D eigenvalue weighted by molar-refractivity contribution is 0.122. The van der Waals surface area contributed by atoms with Crippen molar-refractivity contribution in [3.05, 3.63) is 5.28 Å². The smallest absolute Gasteiger partial charge is 0.231 e. The monoisotopic (exact) mass is 297 g/mol. The third-order valence-electron chi connectivity index (χ3n) is 3.72. The zero-order valence-electron chi connectivity index (χ0n) is 11.8. The van der Waals surface area contributed by atoms with Gasteiger partial charge in [-0.3, -0.25) is 0 Å². The van der Waals surface area contributed by atoms with E-state index in [9.17, 15) is 0 Å². The molecule has 3 rings (SSSR count). The maximum absolute atomic E-state index is 6.08. The van der Waals surface area contributed by atoms with E-state index in [4.69, 9.17) is 16.3 Å². The summed E-state index contributed by atoms with van der Waals surface area (Å²) >= 11 is 6.08. The van der Waals surface area contributed by atoms with Gasteiger partial charge in [0, 0.05) is 26.2 Å². The van der Waals surface area contributed by atoms with Crippen molar-refractivity contribution in [2.75, 3.05) is 49.2 Å². The molecule has 1 aliphatic heterocycles. The molecule has 0 bridgehead atoms. The van der Waals surface area contributed by atoms with Gasteiger partial charge in [0.2, 0.25) is 17.2 Å². The van der Waals surface area contributed by atoms with Crippen molar-refractivity contribution >= 4 is 23.5 Å². The Balaban J connectivity index is 1.80. The first-order chi connectivity index (χ1) is 9.76. The maximum Gasteiger partial charge on any atom is 0.231 e. The highest BCUT2D eigenvalue weighted by molar-refractivity contribution is 6.28. The number of nitrogens with zero attached hydrogens (tertiary/aromatic N) is 5. The number of anilines is 2. The van der Waals surface area contributed by atoms with Crippen molar-refractivity contribution in [2.45, 2.75) is 19.8 Å². The molecule has 1 aromatic rings. The standard InChI is InChI=1S/C13H20ClN5O/c1-2-18(9-10-3-4-10)12-15-11(14)16-13(17-12)19-5-7-20-8-6-19/h10H,2-9H2,1H3. The van der Waals surface area contributed by atoms with Gasteiger partial charge in [-0.25, -0.2) is 0 Å². The Morgan fingerprint density at radius 1 is 1.25 bits per heavy atom. The van der Waals surface area contributed by atoms with Crippen LogP contribution in [0.5, 0.6) is 0 Å². The van der Waals surface area contributed by atoms with Crippen LogP contribution in [-0.4, -0.2) is 54.3 Å². The minimum Gasteiger partial charge on any atom is -0.378 e. The van der Waals surface area contributed by atoms with Crippen molar-refractivity contribution in [3.63, 3.8) is 0 Å². The first kappa shape index (κ1) is 13.8. The molecule has 2 heterocycles. The van der Waals surface area contributed by atoms with Crippen LogP contribution in [0.15, 0.2) is 0 Å². The largest absolute Gasteiger partial charge is 0.378 e. The van der Waals surface area contributed by atoms with Gasteiger partial charge in [0.25, 0.3) is 0 Å². The van der Waals surface area contributed by atoms with Gasteiger partial charge in [0.05, 0.1) is 13.2 Å². The molecular weight excluding hydrogens is 278 g/mol. The molecule has 0 aromatic carbocycles. The SMILES string of the molecule is CCN(CC1CC1)c1nc(Cl)nc(N2CCOCC2)n1. The summed E-state index contributed by atoms with van der Waals surface area (Å²) in [6.07, 6.45) is 2.62. The quantitative estimate of drug-likeness (QED) is 0.823. The predicted molar refractivity (Wildman–Crippen MR) is 78.5 cm³/mol. The van der Waals surface area contributed by atoms with E-state index < -0.39 is 0 Å². The number of hydrogen-bond acceptors (Lipinski definition) is 6. The van der Waals surface area contributed by atoms with E-state index in [-0.39, 0.29) is 5.28 Å². The first-order valence-electron chi connectivity index (χ1n) is 7.25. The average Bonchev–Trinajstić information content (AvgIpc) is 3.29. The number of aromatic nitrogens is 3. The van der Waals surface area contributed by atoms with E-state index in [0.717, 1.165) is 32.1 Å². The fraction of sp³-hybridized carbons (Fsp3) is 0.769. The minimum atomic E-state index is 0.269. The highest BCUT2D eigenvalue weighted by Crippen LogP contribution is 2.31. The van der Waals surface area contributed by atoms with Gasteiger partial charge in [-0.15, -0.1) is 0 Å². The maximum atomic E-state index is 6.08. The van der Waals surface area contributed by atoms with E-state index in [1.54, 1.807) is 0 Å². The topological polar surface area (TPSA) is 54.4 Å². The van der Waals surface area contributed by atoms with Crippen molar-refractivity contribution < 1.29 is 4.74 Å². The third kappa shape index (κ3) is 3.30. The average molecular weight is 298 g/mol. The summed E-state index contributed by atoms with van der Waals surface area (Å²) in [6, 6.07) is 0. The summed E-state index contributed by atoms with van der Waals surface area (Å²) in [4.78, 5) is 17.4. The second-order valence-electron chi connectivity index (χ2n) is 5.29. The molecule has 110 valence electrons. The Hall–Kier alpha value is -1.14. The molecule has 6 nitrogen and oxygen atoms in total. The Morgan fingerprint density at radius 2 is 2.00 bits per heavy atom. The molecule has 0 atom stereocenters. The van der Waals surface area contributed by atoms with E-state index >= 15 is 0 Å². The molecule has 1 saturated carbocycles. The van der Waals surface area contributed by atoms with E-state index in [2.05, 4.69) is 31.7 Å². The van der Waals surface area contributed by atoms with Gasteiger partial charge in [-0.2, -0.15) is 15.0 Å². The number of morpholine rings is 1. The Morgan fingerprint density at radius 3 is 2.65 bits per heavy atom. The van der Waals surface area contributed by atoms with Crippen LogP contribution < -0.4 is 9.80 Å². The molecular formula is C13H20ClN5O. The predicted octanol–water partition coefficient (Wildman–Crippen LogP) is 1.60. The summed E-state index contributed by atoms with van der Waals surface area (Å²) in [6.45, 7) is 7.03. The molecule has 0 radical (unpaired) electrons. The third-order valence-corrected chi connectivity index (χ3v) is 3.89. The van der Waals surface area contributed by atoms with Crippen LogP contribution >= 0.6 is 11.6 Å². The lowest BCUT2D eigenvalue weighted by Gasteiger charge is -2.28. The van der Waals surface area contributed by atoms with Gasteiger partial charge in [0.15, 0.2) is 0 Å². The number of ether oxygens (including phenoxy) is 1. The summed E-state index contributed by atoms with van der Waals surface area (Å²) in [5.74, 6) is 2.15. The van der Waals surface area contributed by atoms with Crippen LogP contribution in [0.3, 0.4) is 0 Å². The Kier molecular flexibility index (Phi) is 4.21. The molecule has 0 N–H and O–H groups in total. The lowest BCUT2D eigenvalue weighted by Crippen LogP contribution is -2.38. The fourth-order valence-electron chi connectivity index (χ4n) is 2.34. The summed E-state index contributed by atoms with van der Waals surface area (Å²) in [5, 5.41) is 0.269. The zero-order chi connectivity index (χ0) is 13.9. The molecule has 0 spiro atoms. The molecule has 2 fully saturated rings. The van der Waals surface area contributed by atoms with Crippen molar-refractivity contribution in [1.29, 1.82) is 0 Å². The van der Waals surface area contributed by atoms with Gasteiger partial charge < -0.3 is 14.5 Å². The van der Waals surface area contributed by atoms with Crippen LogP contribution in [0.4, 0.5) is 11.9 Å². The second kappa shape index (κ2) is 6.10. The minimum absolute atomic E-state index is 0.269.